The van der Waals surface area contributed by atoms with E-state index in [1.807, 2.05) is 6.92 Å². The maximum Gasteiger partial charge on any atom is 0.267 e. The van der Waals surface area contributed by atoms with E-state index in [0.717, 1.165) is 38.3 Å². The number of aromatic nitrogens is 3. The zero-order valence-corrected chi connectivity index (χ0v) is 22.0. The summed E-state index contributed by atoms with van der Waals surface area (Å²) in [5.41, 5.74) is 1.66. The summed E-state index contributed by atoms with van der Waals surface area (Å²) in [6, 6.07) is 5.80. The van der Waals surface area contributed by atoms with Crippen LogP contribution >= 0.6 is 22.9 Å². The number of fused-ring (bicyclic) bond motifs is 1. The molecule has 1 aliphatic rings. The van der Waals surface area contributed by atoms with Gasteiger partial charge in [-0.1, -0.05) is 11.6 Å². The standard InChI is InChI=1S/C25H26ClFN6O3S/c1-16-21(35-11-10-32-8-6-31(2)7-9-32)14-33-22(16)25(28-15-29-33)36-20-4-3-17(13-19(20)27)30-24(34)23-18(26)5-12-37-23/h3-5,12-15H,6-11H2,1-2H3,(H,30,34). The number of halogens is 2. The average molecular weight is 545 g/mol. The van der Waals surface area contributed by atoms with Crippen LogP contribution in [0.1, 0.15) is 15.2 Å². The molecule has 12 heteroatoms. The number of carbonyl (C=O) groups is 1. The van der Waals surface area contributed by atoms with Crippen molar-refractivity contribution in [1.82, 2.24) is 24.4 Å². The fraction of sp³-hybridized carbons (Fsp3) is 0.320. The van der Waals surface area contributed by atoms with Crippen LogP contribution in [0.25, 0.3) is 5.52 Å². The van der Waals surface area contributed by atoms with Gasteiger partial charge in [-0.2, -0.15) is 10.1 Å². The largest absolute Gasteiger partial charge is 0.490 e. The van der Waals surface area contributed by atoms with Crippen LogP contribution < -0.4 is 14.8 Å². The highest BCUT2D eigenvalue weighted by molar-refractivity contribution is 7.12. The summed E-state index contributed by atoms with van der Waals surface area (Å²) in [6.45, 7) is 7.43. The molecule has 1 N–H and O–H groups in total. The summed E-state index contributed by atoms with van der Waals surface area (Å²) in [5, 5.41) is 8.96. The lowest BCUT2D eigenvalue weighted by Gasteiger charge is -2.32. The van der Waals surface area contributed by atoms with Gasteiger partial charge in [-0.15, -0.1) is 11.3 Å². The average Bonchev–Trinajstić information content (AvgIpc) is 3.45. The summed E-state index contributed by atoms with van der Waals surface area (Å²) in [7, 11) is 2.13. The number of likely N-dealkylation sites (N-methyl/N-ethyl adjacent to an activating group) is 1. The lowest BCUT2D eigenvalue weighted by Crippen LogP contribution is -2.45. The first-order valence-corrected chi connectivity index (χ1v) is 13.0. The van der Waals surface area contributed by atoms with E-state index in [9.17, 15) is 9.18 Å². The molecule has 0 aliphatic carbocycles. The Balaban J connectivity index is 1.27. The molecular weight excluding hydrogens is 519 g/mol. The number of aryl methyl sites for hydroxylation is 1. The Morgan fingerprint density at radius 1 is 1.22 bits per heavy atom. The summed E-state index contributed by atoms with van der Waals surface area (Å²) >= 11 is 7.22. The Hall–Kier alpha value is -3.25. The minimum absolute atomic E-state index is 0.0362. The Morgan fingerprint density at radius 2 is 2.03 bits per heavy atom. The molecule has 1 fully saturated rings. The van der Waals surface area contributed by atoms with Crippen molar-refractivity contribution in [3.05, 3.63) is 63.5 Å². The number of nitrogens with zero attached hydrogens (tertiary/aromatic N) is 5. The van der Waals surface area contributed by atoms with Crippen molar-refractivity contribution in [1.29, 1.82) is 0 Å². The number of hydrogen-bond acceptors (Lipinski definition) is 8. The first kappa shape index (κ1) is 25.4. The number of rotatable bonds is 8. The van der Waals surface area contributed by atoms with E-state index < -0.39 is 11.7 Å². The van der Waals surface area contributed by atoms with E-state index in [-0.39, 0.29) is 17.3 Å². The molecule has 1 amide bonds. The fourth-order valence-electron chi connectivity index (χ4n) is 4.09. The van der Waals surface area contributed by atoms with E-state index in [1.165, 1.54) is 29.8 Å². The smallest absolute Gasteiger partial charge is 0.267 e. The van der Waals surface area contributed by atoms with Gasteiger partial charge in [0.25, 0.3) is 5.91 Å². The van der Waals surface area contributed by atoms with Gasteiger partial charge in [0, 0.05) is 50.0 Å². The van der Waals surface area contributed by atoms with Crippen LogP contribution in [0.3, 0.4) is 0 Å². The van der Waals surface area contributed by atoms with Crippen LogP contribution in [0.4, 0.5) is 10.1 Å². The molecule has 194 valence electrons. The Bertz CT molecular complexity index is 1420. The van der Waals surface area contributed by atoms with Crippen LogP contribution in [-0.4, -0.2) is 76.7 Å². The minimum Gasteiger partial charge on any atom is -0.490 e. The van der Waals surface area contributed by atoms with Crippen molar-refractivity contribution < 1.29 is 18.7 Å². The molecule has 0 saturated carbocycles. The quantitative estimate of drug-likeness (QED) is 0.348. The molecule has 1 aliphatic heterocycles. The van der Waals surface area contributed by atoms with Crippen LogP contribution in [0.2, 0.25) is 5.02 Å². The van der Waals surface area contributed by atoms with Crippen LogP contribution in [-0.2, 0) is 0 Å². The van der Waals surface area contributed by atoms with Gasteiger partial charge in [-0.3, -0.25) is 9.69 Å². The topological polar surface area (TPSA) is 84.2 Å². The van der Waals surface area contributed by atoms with E-state index >= 15 is 0 Å². The zero-order valence-electron chi connectivity index (χ0n) is 20.4. The Morgan fingerprint density at radius 3 is 2.76 bits per heavy atom. The second kappa shape index (κ2) is 11.0. The highest BCUT2D eigenvalue weighted by Crippen LogP contribution is 2.33. The number of benzene rings is 1. The van der Waals surface area contributed by atoms with Crippen LogP contribution in [0.5, 0.6) is 17.4 Å². The summed E-state index contributed by atoms with van der Waals surface area (Å²) in [5.74, 6) is -0.229. The first-order valence-electron chi connectivity index (χ1n) is 11.8. The lowest BCUT2D eigenvalue weighted by molar-refractivity contribution is 0.103. The second-order valence-electron chi connectivity index (χ2n) is 8.77. The number of hydrogen-bond donors (Lipinski definition) is 1. The van der Waals surface area contributed by atoms with Gasteiger partial charge in [0.2, 0.25) is 5.88 Å². The number of nitrogens with one attached hydrogen (secondary N) is 1. The molecule has 0 atom stereocenters. The summed E-state index contributed by atoms with van der Waals surface area (Å²) < 4.78 is 28.4. The molecule has 0 radical (unpaired) electrons. The highest BCUT2D eigenvalue weighted by Gasteiger charge is 2.19. The van der Waals surface area contributed by atoms with Crippen molar-refractivity contribution in [2.45, 2.75) is 6.92 Å². The Kier molecular flexibility index (Phi) is 7.56. The van der Waals surface area contributed by atoms with Crippen molar-refractivity contribution in [3.63, 3.8) is 0 Å². The monoisotopic (exact) mass is 544 g/mol. The summed E-state index contributed by atoms with van der Waals surface area (Å²) in [4.78, 5) is 21.6. The van der Waals surface area contributed by atoms with Gasteiger partial charge < -0.3 is 19.7 Å². The molecule has 9 nitrogen and oxygen atoms in total. The molecule has 1 saturated heterocycles. The first-order chi connectivity index (χ1) is 17.9. The molecule has 4 aromatic rings. The number of ether oxygens (including phenoxy) is 2. The summed E-state index contributed by atoms with van der Waals surface area (Å²) in [6.07, 6.45) is 3.11. The Labute approximate surface area is 222 Å². The van der Waals surface area contributed by atoms with E-state index in [4.69, 9.17) is 21.1 Å². The highest BCUT2D eigenvalue weighted by atomic mass is 35.5. The molecule has 0 unspecified atom stereocenters. The zero-order chi connectivity index (χ0) is 25.9. The van der Waals surface area contributed by atoms with E-state index in [2.05, 4.69) is 32.2 Å². The third-order valence-electron chi connectivity index (χ3n) is 6.23. The predicted molar refractivity (Wildman–Crippen MR) is 141 cm³/mol. The van der Waals surface area contributed by atoms with Crippen molar-refractivity contribution >= 4 is 40.0 Å². The third-order valence-corrected chi connectivity index (χ3v) is 7.57. The molecule has 4 heterocycles. The van der Waals surface area contributed by atoms with Gasteiger partial charge in [0.1, 0.15) is 29.1 Å². The van der Waals surface area contributed by atoms with E-state index in [1.54, 1.807) is 28.2 Å². The minimum atomic E-state index is -0.653. The van der Waals surface area contributed by atoms with Gasteiger partial charge in [0.15, 0.2) is 11.6 Å². The van der Waals surface area contributed by atoms with Gasteiger partial charge in [-0.25, -0.2) is 8.91 Å². The van der Waals surface area contributed by atoms with Crippen molar-refractivity contribution in [3.8, 4) is 17.4 Å². The predicted octanol–water partition coefficient (Wildman–Crippen LogP) is 4.56. The number of anilines is 1. The maximum absolute atomic E-state index is 14.9. The SMILES string of the molecule is Cc1c(OCCN2CCN(C)CC2)cn2ncnc(Oc3ccc(NC(=O)c4sccc4Cl)cc3F)c12. The molecule has 5 rings (SSSR count). The molecule has 1 aromatic carbocycles. The fourth-order valence-corrected chi connectivity index (χ4v) is 5.13. The molecule has 3 aromatic heterocycles. The normalized spacial score (nSPS) is 14.7. The third kappa shape index (κ3) is 5.69. The van der Waals surface area contributed by atoms with Crippen LogP contribution in [0, 0.1) is 12.7 Å². The number of thiophene rings is 1. The van der Waals surface area contributed by atoms with Gasteiger partial charge in [-0.05, 0) is 37.6 Å². The van der Waals surface area contributed by atoms with Crippen LogP contribution in [0.15, 0.2) is 42.2 Å². The molecule has 0 spiro atoms. The number of piperazine rings is 1. The maximum atomic E-state index is 14.9. The second-order valence-corrected chi connectivity index (χ2v) is 10.1. The van der Waals surface area contributed by atoms with Crippen molar-refractivity contribution in [2.75, 3.05) is 51.7 Å². The molecular formula is C25H26ClFN6O3S. The van der Waals surface area contributed by atoms with E-state index in [0.29, 0.717) is 27.8 Å². The lowest BCUT2D eigenvalue weighted by atomic mass is 10.2. The number of carbonyl (C=O) groups excluding carboxylic acids is 1. The van der Waals surface area contributed by atoms with Gasteiger partial charge >= 0.3 is 0 Å². The van der Waals surface area contributed by atoms with Crippen molar-refractivity contribution in [2.24, 2.45) is 0 Å². The van der Waals surface area contributed by atoms with Gasteiger partial charge in [0.05, 0.1) is 11.2 Å². The molecule has 37 heavy (non-hydrogen) atoms. The molecule has 0 bridgehead atoms. The number of amides is 1.